The van der Waals surface area contributed by atoms with Gasteiger partial charge in [-0.05, 0) is 49.7 Å². The third-order valence-electron chi connectivity index (χ3n) is 5.67. The SMILES string of the molecule is COc1ccc(CN2CCN(C(=O)c3cc4cc(C)ccc4nc3C)CC2)cc1F. The fourth-order valence-electron chi connectivity index (χ4n) is 3.95. The molecule has 0 N–H and O–H groups in total. The maximum absolute atomic E-state index is 13.9. The molecule has 0 bridgehead atoms. The summed E-state index contributed by atoms with van der Waals surface area (Å²) in [5, 5.41) is 0.990. The van der Waals surface area contributed by atoms with Crippen LogP contribution in [0.3, 0.4) is 0 Å². The van der Waals surface area contributed by atoms with Crippen molar-refractivity contribution in [2.75, 3.05) is 33.3 Å². The molecule has 156 valence electrons. The zero-order valence-corrected chi connectivity index (χ0v) is 17.6. The van der Waals surface area contributed by atoms with Gasteiger partial charge in [0, 0.05) is 38.1 Å². The van der Waals surface area contributed by atoms with Gasteiger partial charge in [-0.15, -0.1) is 0 Å². The number of rotatable bonds is 4. The molecular formula is C24H26FN3O2. The Kier molecular flexibility index (Phi) is 5.68. The molecule has 1 saturated heterocycles. The number of piperazine rings is 1. The molecule has 30 heavy (non-hydrogen) atoms. The number of carbonyl (C=O) groups is 1. The predicted molar refractivity (Wildman–Crippen MR) is 115 cm³/mol. The Morgan fingerprint density at radius 1 is 1.07 bits per heavy atom. The second-order valence-corrected chi connectivity index (χ2v) is 7.85. The molecule has 0 saturated carbocycles. The molecule has 1 aromatic heterocycles. The standard InChI is InChI=1S/C24H26FN3O2/c1-16-4-6-22-19(12-16)14-20(17(2)26-22)24(29)28-10-8-27(9-11-28)15-18-5-7-23(30-3)21(25)13-18/h4-7,12-14H,8-11,15H2,1-3H3. The number of aromatic nitrogens is 1. The first-order chi connectivity index (χ1) is 14.4. The van der Waals surface area contributed by atoms with E-state index >= 15 is 0 Å². The summed E-state index contributed by atoms with van der Waals surface area (Å²) < 4.78 is 18.9. The first kappa shape index (κ1) is 20.3. The normalized spacial score (nSPS) is 14.9. The third-order valence-corrected chi connectivity index (χ3v) is 5.67. The molecule has 2 aromatic carbocycles. The van der Waals surface area contributed by atoms with Crippen LogP contribution in [0.4, 0.5) is 4.39 Å². The van der Waals surface area contributed by atoms with Gasteiger partial charge < -0.3 is 9.64 Å². The largest absolute Gasteiger partial charge is 0.494 e. The van der Waals surface area contributed by atoms with Crippen LogP contribution < -0.4 is 4.74 Å². The smallest absolute Gasteiger partial charge is 0.255 e. The molecule has 0 atom stereocenters. The van der Waals surface area contributed by atoms with Crippen LogP contribution in [0, 0.1) is 19.7 Å². The van der Waals surface area contributed by atoms with Crippen LogP contribution in [0.1, 0.15) is 27.2 Å². The molecule has 4 rings (SSSR count). The monoisotopic (exact) mass is 407 g/mol. The Morgan fingerprint density at radius 3 is 2.53 bits per heavy atom. The van der Waals surface area contributed by atoms with Crippen molar-refractivity contribution < 1.29 is 13.9 Å². The lowest BCUT2D eigenvalue weighted by atomic mass is 10.1. The summed E-state index contributed by atoms with van der Waals surface area (Å²) in [6, 6.07) is 13.1. The number of halogens is 1. The van der Waals surface area contributed by atoms with Gasteiger partial charge in [0.05, 0.1) is 23.9 Å². The minimum atomic E-state index is -0.349. The Balaban J connectivity index is 1.42. The highest BCUT2D eigenvalue weighted by Crippen LogP contribution is 2.21. The first-order valence-electron chi connectivity index (χ1n) is 10.2. The number of carbonyl (C=O) groups excluding carboxylic acids is 1. The molecule has 0 unspecified atom stereocenters. The molecule has 6 heteroatoms. The van der Waals surface area contributed by atoms with E-state index < -0.39 is 0 Å². The Morgan fingerprint density at radius 2 is 1.83 bits per heavy atom. The molecule has 1 fully saturated rings. The average molecular weight is 407 g/mol. The number of aryl methyl sites for hydroxylation is 2. The summed E-state index contributed by atoms with van der Waals surface area (Å²) >= 11 is 0. The molecule has 2 heterocycles. The van der Waals surface area contributed by atoms with Gasteiger partial charge >= 0.3 is 0 Å². The molecule has 1 aliphatic rings. The number of nitrogens with zero attached hydrogens (tertiary/aromatic N) is 3. The third kappa shape index (κ3) is 4.14. The molecular weight excluding hydrogens is 381 g/mol. The van der Waals surface area contributed by atoms with Crippen molar-refractivity contribution in [1.29, 1.82) is 0 Å². The van der Waals surface area contributed by atoms with E-state index in [0.29, 0.717) is 25.2 Å². The summed E-state index contributed by atoms with van der Waals surface area (Å²) in [5.41, 5.74) is 4.38. The van der Waals surface area contributed by atoms with E-state index in [1.54, 1.807) is 6.07 Å². The van der Waals surface area contributed by atoms with Gasteiger partial charge in [-0.3, -0.25) is 14.7 Å². The van der Waals surface area contributed by atoms with E-state index in [-0.39, 0.29) is 17.5 Å². The van der Waals surface area contributed by atoms with Crippen LogP contribution in [0.25, 0.3) is 10.9 Å². The van der Waals surface area contributed by atoms with Gasteiger partial charge in [0.25, 0.3) is 5.91 Å². The highest BCUT2D eigenvalue weighted by Gasteiger charge is 2.24. The van der Waals surface area contributed by atoms with Gasteiger partial charge in [-0.1, -0.05) is 17.7 Å². The van der Waals surface area contributed by atoms with Crippen molar-refractivity contribution in [3.63, 3.8) is 0 Å². The van der Waals surface area contributed by atoms with E-state index in [4.69, 9.17) is 4.74 Å². The topological polar surface area (TPSA) is 45.7 Å². The van der Waals surface area contributed by atoms with E-state index in [2.05, 4.69) is 16.0 Å². The Bertz CT molecular complexity index is 1090. The van der Waals surface area contributed by atoms with E-state index in [1.165, 1.54) is 13.2 Å². The van der Waals surface area contributed by atoms with Crippen LogP contribution in [0.2, 0.25) is 0 Å². The lowest BCUT2D eigenvalue weighted by molar-refractivity contribution is 0.0627. The van der Waals surface area contributed by atoms with Crippen LogP contribution in [0.15, 0.2) is 42.5 Å². The summed E-state index contributed by atoms with van der Waals surface area (Å²) in [6.45, 7) is 7.36. The zero-order chi connectivity index (χ0) is 21.3. The van der Waals surface area contributed by atoms with Crippen LogP contribution >= 0.6 is 0 Å². The molecule has 1 amide bonds. The summed E-state index contributed by atoms with van der Waals surface area (Å²) in [7, 11) is 1.46. The van der Waals surface area contributed by atoms with Gasteiger partial charge in [0.1, 0.15) is 0 Å². The van der Waals surface area contributed by atoms with Crippen molar-refractivity contribution in [2.24, 2.45) is 0 Å². The van der Waals surface area contributed by atoms with Gasteiger partial charge in [-0.2, -0.15) is 0 Å². The number of ether oxygens (including phenoxy) is 1. The van der Waals surface area contributed by atoms with Crippen LogP contribution in [0.5, 0.6) is 5.75 Å². The minimum Gasteiger partial charge on any atom is -0.494 e. The predicted octanol–water partition coefficient (Wildman–Crippen LogP) is 3.96. The average Bonchev–Trinajstić information content (AvgIpc) is 2.74. The molecule has 5 nitrogen and oxygen atoms in total. The molecule has 0 spiro atoms. The number of hydrogen-bond donors (Lipinski definition) is 0. The van der Waals surface area contributed by atoms with Gasteiger partial charge in [-0.25, -0.2) is 4.39 Å². The van der Waals surface area contributed by atoms with E-state index in [0.717, 1.165) is 40.8 Å². The highest BCUT2D eigenvalue weighted by atomic mass is 19.1. The maximum atomic E-state index is 13.9. The van der Waals surface area contributed by atoms with Crippen LogP contribution in [-0.2, 0) is 6.54 Å². The van der Waals surface area contributed by atoms with Crippen molar-refractivity contribution in [3.8, 4) is 5.75 Å². The zero-order valence-electron chi connectivity index (χ0n) is 17.6. The fraction of sp³-hybridized carbons (Fsp3) is 0.333. The van der Waals surface area contributed by atoms with E-state index in [1.807, 2.05) is 43.0 Å². The molecule has 3 aromatic rings. The van der Waals surface area contributed by atoms with E-state index in [9.17, 15) is 9.18 Å². The quantitative estimate of drug-likeness (QED) is 0.657. The van der Waals surface area contributed by atoms with Crippen LogP contribution in [-0.4, -0.2) is 54.0 Å². The van der Waals surface area contributed by atoms with Crippen molar-refractivity contribution in [1.82, 2.24) is 14.8 Å². The number of amides is 1. The second kappa shape index (κ2) is 8.40. The van der Waals surface area contributed by atoms with Crippen molar-refractivity contribution in [2.45, 2.75) is 20.4 Å². The van der Waals surface area contributed by atoms with Gasteiger partial charge in [0.15, 0.2) is 11.6 Å². The number of benzene rings is 2. The fourth-order valence-corrected chi connectivity index (χ4v) is 3.95. The first-order valence-corrected chi connectivity index (χ1v) is 10.2. The molecule has 0 aliphatic carbocycles. The lowest BCUT2D eigenvalue weighted by Gasteiger charge is -2.35. The highest BCUT2D eigenvalue weighted by molar-refractivity contribution is 5.98. The molecule has 0 radical (unpaired) electrons. The number of pyridine rings is 1. The van der Waals surface area contributed by atoms with Gasteiger partial charge in [0.2, 0.25) is 0 Å². The van der Waals surface area contributed by atoms with Crippen molar-refractivity contribution >= 4 is 16.8 Å². The maximum Gasteiger partial charge on any atom is 0.255 e. The summed E-state index contributed by atoms with van der Waals surface area (Å²) in [4.78, 5) is 21.9. The van der Waals surface area contributed by atoms with Crippen molar-refractivity contribution in [3.05, 3.63) is 70.7 Å². The Labute approximate surface area is 176 Å². The number of hydrogen-bond acceptors (Lipinski definition) is 4. The minimum absolute atomic E-state index is 0.0264. The summed E-state index contributed by atoms with van der Waals surface area (Å²) in [6.07, 6.45) is 0. The second-order valence-electron chi connectivity index (χ2n) is 7.85. The molecule has 1 aliphatic heterocycles. The number of fused-ring (bicyclic) bond motifs is 1. The lowest BCUT2D eigenvalue weighted by Crippen LogP contribution is -2.48. The Hall–Kier alpha value is -2.99. The number of methoxy groups -OCH3 is 1. The summed E-state index contributed by atoms with van der Waals surface area (Å²) in [5.74, 6) is -0.0689.